The second-order valence-electron chi connectivity index (χ2n) is 3.24. The van der Waals surface area contributed by atoms with Gasteiger partial charge in [-0.3, -0.25) is 4.39 Å². The number of alkyl halides is 1. The zero-order chi connectivity index (χ0) is 8.10. The van der Waals surface area contributed by atoms with Crippen LogP contribution < -0.4 is 5.32 Å². The van der Waals surface area contributed by atoms with Gasteiger partial charge in [-0.25, -0.2) is 0 Å². The maximum absolute atomic E-state index is 11.6. The number of aliphatic hydroxyl groups excluding tert-OH is 1. The highest BCUT2D eigenvalue weighted by molar-refractivity contribution is 4.79. The molecule has 0 radical (unpaired) electrons. The molecule has 0 aromatic rings. The second kappa shape index (κ2) is 4.67. The van der Waals surface area contributed by atoms with Crippen molar-refractivity contribution in [2.75, 3.05) is 19.8 Å². The molecule has 0 saturated heterocycles. The van der Waals surface area contributed by atoms with Crippen molar-refractivity contribution in [2.24, 2.45) is 5.92 Å². The molecule has 1 rings (SSSR count). The molecule has 3 heteroatoms. The number of rotatable bonds is 5. The lowest BCUT2D eigenvalue weighted by Crippen LogP contribution is -2.36. The first kappa shape index (κ1) is 8.94. The summed E-state index contributed by atoms with van der Waals surface area (Å²) >= 11 is 0. The number of nitrogens with one attached hydrogen (secondary N) is 1. The van der Waals surface area contributed by atoms with Crippen molar-refractivity contribution in [3.63, 3.8) is 0 Å². The molecule has 0 spiro atoms. The van der Waals surface area contributed by atoms with Gasteiger partial charge in [0.2, 0.25) is 0 Å². The molecule has 0 aliphatic heterocycles. The van der Waals surface area contributed by atoms with Crippen LogP contribution in [0.3, 0.4) is 0 Å². The molecular weight excluding hydrogens is 145 g/mol. The zero-order valence-corrected chi connectivity index (χ0v) is 6.72. The monoisotopic (exact) mass is 161 g/mol. The summed E-state index contributed by atoms with van der Waals surface area (Å²) in [6, 6.07) is 0. The molecule has 0 aromatic carbocycles. The minimum absolute atomic E-state index is 0.0667. The molecule has 1 saturated carbocycles. The summed E-state index contributed by atoms with van der Waals surface area (Å²) in [7, 11) is 0. The van der Waals surface area contributed by atoms with Gasteiger partial charge in [-0.2, -0.15) is 0 Å². The molecule has 2 N–H and O–H groups in total. The summed E-state index contributed by atoms with van der Waals surface area (Å²) in [6.07, 6.45) is 2.38. The molecule has 1 aliphatic rings. The van der Waals surface area contributed by atoms with Crippen LogP contribution in [0.2, 0.25) is 0 Å². The van der Waals surface area contributed by atoms with Gasteiger partial charge in [-0.05, 0) is 38.3 Å². The molecule has 0 heterocycles. The molecular formula is C8H16FNO. The Hall–Kier alpha value is -0.150. The van der Waals surface area contributed by atoms with E-state index in [-0.39, 0.29) is 12.8 Å². The van der Waals surface area contributed by atoms with Gasteiger partial charge in [0.1, 0.15) is 0 Å². The lowest BCUT2D eigenvalue weighted by molar-refractivity contribution is 0.0431. The van der Waals surface area contributed by atoms with Crippen LogP contribution in [0, 0.1) is 5.92 Å². The summed E-state index contributed by atoms with van der Waals surface area (Å²) in [5.41, 5.74) is 0. The van der Waals surface area contributed by atoms with Gasteiger partial charge in [0, 0.05) is 0 Å². The van der Waals surface area contributed by atoms with Gasteiger partial charge in [-0.1, -0.05) is 0 Å². The Morgan fingerprint density at radius 3 is 2.73 bits per heavy atom. The normalized spacial score (nSPS) is 30.0. The Kier molecular flexibility index (Phi) is 3.80. The van der Waals surface area contributed by atoms with E-state index < -0.39 is 0 Å². The molecule has 0 aromatic heterocycles. The number of hydrogen-bond donors (Lipinski definition) is 2. The maximum Gasteiger partial charge on any atom is 0.0906 e. The standard InChI is InChI=1S/C8H16FNO/c9-2-1-3-10-6-7-4-8(11)5-7/h7-8,10-11H,1-6H2. The molecule has 2 nitrogen and oxygen atoms in total. The van der Waals surface area contributed by atoms with Crippen LogP contribution in [-0.4, -0.2) is 31.0 Å². The average molecular weight is 161 g/mol. The fraction of sp³-hybridized carbons (Fsp3) is 1.00. The summed E-state index contributed by atoms with van der Waals surface area (Å²) in [5.74, 6) is 0.629. The highest BCUT2D eigenvalue weighted by atomic mass is 19.1. The zero-order valence-electron chi connectivity index (χ0n) is 6.72. The summed E-state index contributed by atoms with van der Waals surface area (Å²) in [5, 5.41) is 12.1. The first-order valence-electron chi connectivity index (χ1n) is 4.27. The molecule has 11 heavy (non-hydrogen) atoms. The highest BCUT2D eigenvalue weighted by Crippen LogP contribution is 2.25. The quantitative estimate of drug-likeness (QED) is 0.582. The van der Waals surface area contributed by atoms with Crippen molar-refractivity contribution in [1.29, 1.82) is 0 Å². The van der Waals surface area contributed by atoms with E-state index in [0.717, 1.165) is 25.9 Å². The molecule has 0 amide bonds. The predicted molar refractivity (Wildman–Crippen MR) is 42.2 cm³/mol. The minimum Gasteiger partial charge on any atom is -0.393 e. The average Bonchev–Trinajstić information content (AvgIpc) is 1.94. The molecule has 0 atom stereocenters. The van der Waals surface area contributed by atoms with Crippen LogP contribution in [0.25, 0.3) is 0 Å². The Bertz CT molecular complexity index is 104. The van der Waals surface area contributed by atoms with Crippen molar-refractivity contribution >= 4 is 0 Å². The Morgan fingerprint density at radius 1 is 1.45 bits per heavy atom. The van der Waals surface area contributed by atoms with Gasteiger partial charge < -0.3 is 10.4 Å². The summed E-state index contributed by atoms with van der Waals surface area (Å²) in [4.78, 5) is 0. The van der Waals surface area contributed by atoms with Gasteiger partial charge in [0.15, 0.2) is 0 Å². The summed E-state index contributed by atoms with van der Waals surface area (Å²) in [6.45, 7) is 1.47. The Morgan fingerprint density at radius 2 is 2.18 bits per heavy atom. The van der Waals surface area contributed by atoms with E-state index in [1.165, 1.54) is 0 Å². The molecule has 0 bridgehead atoms. The molecule has 0 unspecified atom stereocenters. The largest absolute Gasteiger partial charge is 0.393 e. The third kappa shape index (κ3) is 3.16. The van der Waals surface area contributed by atoms with Crippen LogP contribution in [-0.2, 0) is 0 Å². The van der Waals surface area contributed by atoms with Crippen LogP contribution in [0.15, 0.2) is 0 Å². The first-order valence-corrected chi connectivity index (χ1v) is 4.27. The number of halogens is 1. The van der Waals surface area contributed by atoms with Crippen LogP contribution in [0.4, 0.5) is 4.39 Å². The number of hydrogen-bond acceptors (Lipinski definition) is 2. The fourth-order valence-electron chi connectivity index (χ4n) is 1.37. The van der Waals surface area contributed by atoms with E-state index in [1.54, 1.807) is 0 Å². The van der Waals surface area contributed by atoms with Crippen LogP contribution >= 0.6 is 0 Å². The third-order valence-electron chi connectivity index (χ3n) is 2.13. The van der Waals surface area contributed by atoms with Gasteiger partial charge in [0.25, 0.3) is 0 Å². The molecule has 66 valence electrons. The van der Waals surface area contributed by atoms with E-state index in [9.17, 15) is 4.39 Å². The van der Waals surface area contributed by atoms with Crippen LogP contribution in [0.1, 0.15) is 19.3 Å². The van der Waals surface area contributed by atoms with Gasteiger partial charge in [0.05, 0.1) is 12.8 Å². The van der Waals surface area contributed by atoms with Crippen molar-refractivity contribution in [1.82, 2.24) is 5.32 Å². The molecule has 1 fully saturated rings. The maximum atomic E-state index is 11.6. The minimum atomic E-state index is -0.236. The smallest absolute Gasteiger partial charge is 0.0906 e. The first-order chi connectivity index (χ1) is 5.33. The van der Waals surface area contributed by atoms with Crippen LogP contribution in [0.5, 0.6) is 0 Å². The summed E-state index contributed by atoms with van der Waals surface area (Å²) < 4.78 is 11.6. The van der Waals surface area contributed by atoms with Crippen molar-refractivity contribution in [3.05, 3.63) is 0 Å². The highest BCUT2D eigenvalue weighted by Gasteiger charge is 2.26. The van der Waals surface area contributed by atoms with Crippen molar-refractivity contribution in [3.8, 4) is 0 Å². The Balaban J connectivity index is 1.81. The van der Waals surface area contributed by atoms with E-state index >= 15 is 0 Å². The van der Waals surface area contributed by atoms with E-state index in [4.69, 9.17) is 5.11 Å². The van der Waals surface area contributed by atoms with Crippen molar-refractivity contribution in [2.45, 2.75) is 25.4 Å². The lowest BCUT2D eigenvalue weighted by atomic mass is 9.82. The van der Waals surface area contributed by atoms with Gasteiger partial charge in [-0.15, -0.1) is 0 Å². The topological polar surface area (TPSA) is 32.3 Å². The SMILES string of the molecule is OC1CC(CNCCCF)C1. The van der Waals surface area contributed by atoms with Crippen molar-refractivity contribution < 1.29 is 9.50 Å². The second-order valence-corrected chi connectivity index (χ2v) is 3.24. The Labute approximate surface area is 66.8 Å². The van der Waals surface area contributed by atoms with E-state index in [1.807, 2.05) is 0 Å². The fourth-order valence-corrected chi connectivity index (χ4v) is 1.37. The number of aliphatic hydroxyl groups is 1. The van der Waals surface area contributed by atoms with E-state index in [0.29, 0.717) is 12.3 Å². The molecule has 1 aliphatic carbocycles. The van der Waals surface area contributed by atoms with E-state index in [2.05, 4.69) is 5.32 Å². The predicted octanol–water partition coefficient (Wildman–Crippen LogP) is 0.706. The lowest BCUT2D eigenvalue weighted by Gasteiger charge is -2.31. The third-order valence-corrected chi connectivity index (χ3v) is 2.13. The van der Waals surface area contributed by atoms with Gasteiger partial charge >= 0.3 is 0 Å².